The van der Waals surface area contributed by atoms with E-state index in [-0.39, 0.29) is 32.7 Å². The number of hydrogen-bond acceptors (Lipinski definition) is 0. The van der Waals surface area contributed by atoms with Crippen LogP contribution in [0, 0.1) is 12.4 Å². The Morgan fingerprint density at radius 3 is 1.64 bits per heavy atom. The molecule has 0 aliphatic heterocycles. The fourth-order valence-electron chi connectivity index (χ4n) is 0.886. The van der Waals surface area contributed by atoms with Crippen LogP contribution in [0.2, 0.25) is 0 Å². The van der Waals surface area contributed by atoms with Crippen molar-refractivity contribution in [3.63, 3.8) is 0 Å². The summed E-state index contributed by atoms with van der Waals surface area (Å²) in [5.74, 6) is 0. The van der Waals surface area contributed by atoms with Crippen LogP contribution in [0.1, 0.15) is 0 Å². The summed E-state index contributed by atoms with van der Waals surface area (Å²) in [6.07, 6.45) is 9.61. The Morgan fingerprint density at radius 1 is 0.909 bits per heavy atom. The minimum Gasteiger partial charge on any atom is -0.462 e. The molecular weight excluding hydrogens is 213 g/mol. The average Bonchev–Trinajstić information content (AvgIpc) is 2.59. The molecule has 1 radical (unpaired) electrons. The van der Waals surface area contributed by atoms with E-state index >= 15 is 0 Å². The van der Waals surface area contributed by atoms with Crippen LogP contribution in [0.4, 0.5) is 0 Å². The van der Waals surface area contributed by atoms with Gasteiger partial charge in [0.2, 0.25) is 0 Å². The third-order valence-electron chi connectivity index (χ3n) is 1.37. The number of hydrogen-bond donors (Lipinski definition) is 2. The molecule has 0 saturated carbocycles. The maximum absolute atomic E-state index is 2.96. The Labute approximate surface area is 90.3 Å². The Morgan fingerprint density at radius 2 is 1.36 bits per heavy atom. The molecule has 2 aromatic heterocycles. The first-order chi connectivity index (χ1) is 4.97. The predicted molar refractivity (Wildman–Crippen MR) is 38.3 cm³/mol. The molecule has 0 atom stereocenters. The van der Waals surface area contributed by atoms with Crippen LogP contribution < -0.4 is 0 Å². The predicted octanol–water partition coefficient (Wildman–Crippen LogP) is 1.61. The fraction of sp³-hybridized carbons (Fsp3) is 0. The molecule has 2 N–H and O–H groups in total. The molecular formula is C8H6N2Y-2. The first-order valence-corrected chi connectivity index (χ1v) is 3.07. The molecule has 0 aliphatic carbocycles. The maximum Gasteiger partial charge on any atom is 0 e. The molecule has 3 heteroatoms. The van der Waals surface area contributed by atoms with E-state index in [4.69, 9.17) is 0 Å². The maximum atomic E-state index is 2.96. The Bertz CT molecular complexity index is 252. The second kappa shape index (κ2) is 3.89. The van der Waals surface area contributed by atoms with Crippen LogP contribution in [0.3, 0.4) is 0 Å². The Hall–Kier alpha value is -0.336. The van der Waals surface area contributed by atoms with Crippen LogP contribution in [0.5, 0.6) is 0 Å². The summed E-state index contributed by atoms with van der Waals surface area (Å²) in [7, 11) is 0. The van der Waals surface area contributed by atoms with Crippen molar-refractivity contribution in [3.8, 4) is 11.1 Å². The quantitative estimate of drug-likeness (QED) is 0.683. The summed E-state index contributed by atoms with van der Waals surface area (Å²) in [5, 5.41) is 0. The minimum atomic E-state index is 0. The fourth-order valence-corrected chi connectivity index (χ4v) is 0.886. The van der Waals surface area contributed by atoms with E-state index in [1.807, 2.05) is 24.5 Å². The van der Waals surface area contributed by atoms with Crippen LogP contribution in [-0.2, 0) is 32.7 Å². The van der Waals surface area contributed by atoms with Crippen molar-refractivity contribution < 1.29 is 32.7 Å². The van der Waals surface area contributed by atoms with Gasteiger partial charge in [0, 0.05) is 32.7 Å². The van der Waals surface area contributed by atoms with Crippen molar-refractivity contribution in [1.82, 2.24) is 9.97 Å². The number of rotatable bonds is 1. The van der Waals surface area contributed by atoms with Gasteiger partial charge in [-0.05, 0) is 0 Å². The van der Waals surface area contributed by atoms with E-state index in [0.29, 0.717) is 0 Å². The van der Waals surface area contributed by atoms with Crippen molar-refractivity contribution in [2.75, 3.05) is 0 Å². The van der Waals surface area contributed by atoms with E-state index in [2.05, 4.69) is 22.4 Å². The molecule has 0 spiro atoms. The van der Waals surface area contributed by atoms with Crippen molar-refractivity contribution in [1.29, 1.82) is 0 Å². The standard InChI is InChI=1S/C8H6N2.Y/c1-3-9-5-7(1)8-2-4-10-6-8;/h1-4,9-10H;/q-2;. The number of aromatic nitrogens is 2. The van der Waals surface area contributed by atoms with Gasteiger partial charge in [-0.3, -0.25) is 0 Å². The molecule has 0 saturated heterocycles. The zero-order valence-corrected chi connectivity index (χ0v) is 8.73. The van der Waals surface area contributed by atoms with E-state index in [0.717, 1.165) is 11.1 Å². The second-order valence-corrected chi connectivity index (χ2v) is 2.03. The summed E-state index contributed by atoms with van der Waals surface area (Å²) < 4.78 is 0. The molecule has 2 heterocycles. The van der Waals surface area contributed by atoms with Gasteiger partial charge >= 0.3 is 0 Å². The van der Waals surface area contributed by atoms with Crippen LogP contribution >= 0.6 is 0 Å². The Balaban J connectivity index is 0.000000605. The monoisotopic (exact) mass is 219 g/mol. The molecule has 0 amide bonds. The van der Waals surface area contributed by atoms with E-state index in [9.17, 15) is 0 Å². The van der Waals surface area contributed by atoms with Gasteiger partial charge in [-0.1, -0.05) is 0 Å². The first kappa shape index (κ1) is 8.76. The van der Waals surface area contributed by atoms with E-state index in [1.54, 1.807) is 0 Å². The normalized spacial score (nSPS) is 9.09. The zero-order chi connectivity index (χ0) is 6.81. The van der Waals surface area contributed by atoms with Crippen molar-refractivity contribution >= 4 is 0 Å². The van der Waals surface area contributed by atoms with Gasteiger partial charge in [-0.2, -0.15) is 0 Å². The summed E-state index contributed by atoms with van der Waals surface area (Å²) in [6.45, 7) is 0. The first-order valence-electron chi connectivity index (χ1n) is 3.07. The third kappa shape index (κ3) is 1.82. The van der Waals surface area contributed by atoms with Crippen LogP contribution in [-0.4, -0.2) is 9.97 Å². The van der Waals surface area contributed by atoms with Crippen molar-refractivity contribution in [2.45, 2.75) is 0 Å². The molecule has 53 valence electrons. The second-order valence-electron chi connectivity index (χ2n) is 2.03. The topological polar surface area (TPSA) is 31.6 Å². The van der Waals surface area contributed by atoms with Crippen LogP contribution in [0.15, 0.2) is 24.5 Å². The molecule has 2 nitrogen and oxygen atoms in total. The van der Waals surface area contributed by atoms with Crippen LogP contribution in [0.25, 0.3) is 11.1 Å². The smallest absolute Gasteiger partial charge is 0 e. The molecule has 2 rings (SSSR count). The molecule has 0 aromatic carbocycles. The SMILES string of the molecule is [Y].[c-]1[nH]ccc1-c1[c-][nH]cc1. The Kier molecular flexibility index (Phi) is 3.09. The largest absolute Gasteiger partial charge is 0.462 e. The molecule has 11 heavy (non-hydrogen) atoms. The molecule has 0 bridgehead atoms. The average molecular weight is 219 g/mol. The third-order valence-corrected chi connectivity index (χ3v) is 1.37. The summed E-state index contributed by atoms with van der Waals surface area (Å²) in [6, 6.07) is 3.92. The number of aromatic amines is 2. The van der Waals surface area contributed by atoms with Gasteiger partial charge in [-0.25, -0.2) is 23.3 Å². The van der Waals surface area contributed by atoms with Crippen molar-refractivity contribution in [3.05, 3.63) is 36.9 Å². The van der Waals surface area contributed by atoms with Gasteiger partial charge in [-0.15, -0.1) is 24.8 Å². The molecule has 0 aliphatic rings. The van der Waals surface area contributed by atoms with Gasteiger partial charge in [0.25, 0.3) is 0 Å². The summed E-state index contributed by atoms with van der Waals surface area (Å²) in [4.78, 5) is 5.72. The molecule has 0 fully saturated rings. The summed E-state index contributed by atoms with van der Waals surface area (Å²) >= 11 is 0. The van der Waals surface area contributed by atoms with Crippen molar-refractivity contribution in [2.24, 2.45) is 0 Å². The summed E-state index contributed by atoms with van der Waals surface area (Å²) in [5.41, 5.74) is 2.09. The van der Waals surface area contributed by atoms with E-state index in [1.165, 1.54) is 0 Å². The van der Waals surface area contributed by atoms with E-state index < -0.39 is 0 Å². The van der Waals surface area contributed by atoms with Gasteiger partial charge < -0.3 is 9.97 Å². The van der Waals surface area contributed by atoms with Gasteiger partial charge in [0.15, 0.2) is 0 Å². The number of nitrogens with one attached hydrogen (secondary N) is 2. The molecule has 2 aromatic rings. The van der Waals surface area contributed by atoms with Gasteiger partial charge in [0.1, 0.15) is 0 Å². The zero-order valence-electron chi connectivity index (χ0n) is 5.89. The minimum absolute atomic E-state index is 0. The molecule has 0 unspecified atom stereocenters. The van der Waals surface area contributed by atoms with Gasteiger partial charge in [0.05, 0.1) is 0 Å². The number of H-pyrrole nitrogens is 2.